The fourth-order valence-electron chi connectivity index (χ4n) is 1.95. The summed E-state index contributed by atoms with van der Waals surface area (Å²) in [6.45, 7) is 16.5. The highest BCUT2D eigenvalue weighted by atomic mass is 15.1. The maximum atomic E-state index is 2.41. The van der Waals surface area contributed by atoms with Crippen molar-refractivity contribution in [1.29, 1.82) is 0 Å². The minimum absolute atomic E-state index is 0.427. The number of hydrogen-bond donors (Lipinski definition) is 0. The van der Waals surface area contributed by atoms with E-state index in [1.807, 2.05) is 0 Å². The standard InChI is InChI=1S/C16H35N/c1-13(16(5,6)7)12-14(17(8)9)10-11-15(2,3)4/h13-14H,10-12H2,1-9H3. The van der Waals surface area contributed by atoms with E-state index in [-0.39, 0.29) is 0 Å². The normalized spacial score (nSPS) is 17.3. The maximum absolute atomic E-state index is 2.41. The third kappa shape index (κ3) is 7.81. The van der Waals surface area contributed by atoms with Gasteiger partial charge in [0, 0.05) is 6.04 Å². The van der Waals surface area contributed by atoms with E-state index in [2.05, 4.69) is 67.5 Å². The van der Waals surface area contributed by atoms with Crippen molar-refractivity contribution in [2.24, 2.45) is 16.7 Å². The van der Waals surface area contributed by atoms with Crippen molar-refractivity contribution in [3.05, 3.63) is 0 Å². The van der Waals surface area contributed by atoms with Crippen LogP contribution in [0, 0.1) is 16.7 Å². The summed E-state index contributed by atoms with van der Waals surface area (Å²) >= 11 is 0. The number of rotatable bonds is 5. The Bertz CT molecular complexity index is 205. The second-order valence-corrected chi connectivity index (χ2v) is 8.22. The van der Waals surface area contributed by atoms with Gasteiger partial charge < -0.3 is 4.90 Å². The molecule has 1 nitrogen and oxygen atoms in total. The lowest BCUT2D eigenvalue weighted by Gasteiger charge is -2.35. The zero-order valence-corrected chi connectivity index (χ0v) is 13.7. The second-order valence-electron chi connectivity index (χ2n) is 8.22. The van der Waals surface area contributed by atoms with Gasteiger partial charge in [-0.05, 0) is 50.1 Å². The second kappa shape index (κ2) is 6.22. The van der Waals surface area contributed by atoms with Crippen molar-refractivity contribution in [3.63, 3.8) is 0 Å². The van der Waals surface area contributed by atoms with Gasteiger partial charge in [0.15, 0.2) is 0 Å². The molecule has 2 unspecified atom stereocenters. The third-order valence-corrected chi connectivity index (χ3v) is 4.06. The summed E-state index contributed by atoms with van der Waals surface area (Å²) in [5, 5.41) is 0. The van der Waals surface area contributed by atoms with Gasteiger partial charge in [0.05, 0.1) is 0 Å². The largest absolute Gasteiger partial charge is 0.306 e. The Balaban J connectivity index is 4.36. The van der Waals surface area contributed by atoms with Crippen LogP contribution in [0.2, 0.25) is 0 Å². The molecule has 0 heterocycles. The van der Waals surface area contributed by atoms with E-state index in [0.29, 0.717) is 10.8 Å². The van der Waals surface area contributed by atoms with Crippen molar-refractivity contribution in [1.82, 2.24) is 4.90 Å². The first-order valence-electron chi connectivity index (χ1n) is 7.10. The molecule has 0 aromatic rings. The van der Waals surface area contributed by atoms with Gasteiger partial charge in [0.2, 0.25) is 0 Å². The van der Waals surface area contributed by atoms with Gasteiger partial charge in [0.25, 0.3) is 0 Å². The zero-order valence-electron chi connectivity index (χ0n) is 13.7. The molecule has 0 aromatic carbocycles. The third-order valence-electron chi connectivity index (χ3n) is 4.06. The van der Waals surface area contributed by atoms with Gasteiger partial charge in [-0.25, -0.2) is 0 Å². The molecule has 0 aliphatic heterocycles. The molecule has 0 fully saturated rings. The Kier molecular flexibility index (Phi) is 6.21. The highest BCUT2D eigenvalue weighted by Gasteiger charge is 2.25. The highest BCUT2D eigenvalue weighted by Crippen LogP contribution is 2.32. The molecule has 104 valence electrons. The zero-order chi connectivity index (χ0) is 13.9. The predicted octanol–water partition coefficient (Wildman–Crippen LogP) is 4.82. The van der Waals surface area contributed by atoms with E-state index in [4.69, 9.17) is 0 Å². The van der Waals surface area contributed by atoms with Gasteiger partial charge in [-0.2, -0.15) is 0 Å². The maximum Gasteiger partial charge on any atom is 0.00921 e. The van der Waals surface area contributed by atoms with E-state index >= 15 is 0 Å². The Labute approximate surface area is 110 Å². The Morgan fingerprint density at radius 1 is 0.941 bits per heavy atom. The lowest BCUT2D eigenvalue weighted by atomic mass is 9.77. The number of nitrogens with zero attached hydrogens (tertiary/aromatic N) is 1. The molecule has 17 heavy (non-hydrogen) atoms. The Hall–Kier alpha value is -0.0400. The minimum Gasteiger partial charge on any atom is -0.306 e. The van der Waals surface area contributed by atoms with Crippen molar-refractivity contribution >= 4 is 0 Å². The fourth-order valence-corrected chi connectivity index (χ4v) is 1.95. The minimum atomic E-state index is 0.427. The van der Waals surface area contributed by atoms with Crippen LogP contribution in [0.1, 0.15) is 67.7 Å². The van der Waals surface area contributed by atoms with Gasteiger partial charge in [0.1, 0.15) is 0 Å². The van der Waals surface area contributed by atoms with Gasteiger partial charge in [-0.3, -0.25) is 0 Å². The molecule has 0 bridgehead atoms. The molecule has 1 heteroatoms. The topological polar surface area (TPSA) is 3.24 Å². The molecule has 0 aliphatic carbocycles. The van der Waals surface area contributed by atoms with Crippen LogP contribution in [0.15, 0.2) is 0 Å². The van der Waals surface area contributed by atoms with Crippen molar-refractivity contribution in [2.75, 3.05) is 14.1 Å². The van der Waals surface area contributed by atoms with Crippen LogP contribution in [0.3, 0.4) is 0 Å². The molecule has 0 aromatic heterocycles. The molecular weight excluding hydrogens is 206 g/mol. The number of hydrogen-bond acceptors (Lipinski definition) is 1. The van der Waals surface area contributed by atoms with Crippen LogP contribution in [-0.2, 0) is 0 Å². The summed E-state index contributed by atoms with van der Waals surface area (Å²) in [7, 11) is 4.45. The first-order chi connectivity index (χ1) is 7.43. The van der Waals surface area contributed by atoms with Crippen LogP contribution >= 0.6 is 0 Å². The molecule has 0 saturated heterocycles. The van der Waals surface area contributed by atoms with Gasteiger partial charge in [-0.1, -0.05) is 48.5 Å². The fraction of sp³-hybridized carbons (Fsp3) is 1.00. The van der Waals surface area contributed by atoms with E-state index in [9.17, 15) is 0 Å². The average molecular weight is 241 g/mol. The monoisotopic (exact) mass is 241 g/mol. The lowest BCUT2D eigenvalue weighted by Crippen LogP contribution is -2.33. The lowest BCUT2D eigenvalue weighted by molar-refractivity contribution is 0.158. The van der Waals surface area contributed by atoms with Crippen molar-refractivity contribution in [2.45, 2.75) is 73.8 Å². The molecule has 0 radical (unpaired) electrons. The summed E-state index contributed by atoms with van der Waals surface area (Å²) in [6.07, 6.45) is 3.94. The average Bonchev–Trinajstić information content (AvgIpc) is 2.07. The first-order valence-corrected chi connectivity index (χ1v) is 7.10. The Morgan fingerprint density at radius 2 is 1.41 bits per heavy atom. The SMILES string of the molecule is CC(CC(CCC(C)(C)C)N(C)C)C(C)(C)C. The van der Waals surface area contributed by atoms with Crippen LogP contribution < -0.4 is 0 Å². The molecule has 0 amide bonds. The summed E-state index contributed by atoms with van der Waals surface area (Å²) < 4.78 is 0. The molecule has 0 spiro atoms. The summed E-state index contributed by atoms with van der Waals surface area (Å²) in [5.41, 5.74) is 0.884. The van der Waals surface area contributed by atoms with Crippen molar-refractivity contribution in [3.8, 4) is 0 Å². The van der Waals surface area contributed by atoms with Crippen LogP contribution in [0.5, 0.6) is 0 Å². The smallest absolute Gasteiger partial charge is 0.00921 e. The highest BCUT2D eigenvalue weighted by molar-refractivity contribution is 4.78. The molecule has 2 atom stereocenters. The summed E-state index contributed by atoms with van der Waals surface area (Å²) in [5.74, 6) is 0.773. The quantitative estimate of drug-likeness (QED) is 0.667. The Morgan fingerprint density at radius 3 is 1.71 bits per heavy atom. The van der Waals surface area contributed by atoms with Crippen molar-refractivity contribution < 1.29 is 0 Å². The first kappa shape index (κ1) is 17.0. The summed E-state index contributed by atoms with van der Waals surface area (Å²) in [6, 6.07) is 0.725. The van der Waals surface area contributed by atoms with Crippen LogP contribution in [0.25, 0.3) is 0 Å². The molecule has 0 rings (SSSR count). The van der Waals surface area contributed by atoms with E-state index in [1.54, 1.807) is 0 Å². The van der Waals surface area contributed by atoms with Crippen LogP contribution in [-0.4, -0.2) is 25.0 Å². The molecule has 0 aliphatic rings. The van der Waals surface area contributed by atoms with Gasteiger partial charge >= 0.3 is 0 Å². The van der Waals surface area contributed by atoms with E-state index in [1.165, 1.54) is 19.3 Å². The van der Waals surface area contributed by atoms with E-state index in [0.717, 1.165) is 12.0 Å². The molecule has 0 saturated carbocycles. The van der Waals surface area contributed by atoms with Crippen LogP contribution in [0.4, 0.5) is 0 Å². The van der Waals surface area contributed by atoms with E-state index < -0.39 is 0 Å². The molecule has 0 N–H and O–H groups in total. The van der Waals surface area contributed by atoms with Gasteiger partial charge in [-0.15, -0.1) is 0 Å². The molecular formula is C16H35N. The summed E-state index contributed by atoms with van der Waals surface area (Å²) in [4.78, 5) is 2.41. The predicted molar refractivity (Wildman–Crippen MR) is 79.4 cm³/mol.